The Morgan fingerprint density at radius 3 is 1.91 bits per heavy atom. The minimum absolute atomic E-state index is 0.00168. The molecule has 2 nitrogen and oxygen atoms in total. The number of halogens is 3. The molecule has 0 unspecified atom stereocenters. The van der Waals surface area contributed by atoms with Crippen molar-refractivity contribution in [3.05, 3.63) is 71.5 Å². The van der Waals surface area contributed by atoms with E-state index in [1.54, 1.807) is 31.2 Å². The van der Waals surface area contributed by atoms with Crippen LogP contribution in [0.5, 0.6) is 0 Å². The summed E-state index contributed by atoms with van der Waals surface area (Å²) in [7, 11) is 0. The lowest BCUT2D eigenvalue weighted by Crippen LogP contribution is -2.04. The van der Waals surface area contributed by atoms with Gasteiger partial charge in [0.15, 0.2) is 5.78 Å². The molecule has 0 amide bonds. The molecule has 0 fully saturated rings. The molecule has 0 saturated carbocycles. The van der Waals surface area contributed by atoms with Crippen molar-refractivity contribution in [2.45, 2.75) is 19.5 Å². The van der Waals surface area contributed by atoms with Gasteiger partial charge in [0.1, 0.15) is 0 Å². The number of allylic oxidation sites excluding steroid dienone is 2. The molecular formula is C18H15F3O2. The van der Waals surface area contributed by atoms with E-state index in [4.69, 9.17) is 0 Å². The van der Waals surface area contributed by atoms with Gasteiger partial charge in [-0.25, -0.2) is 0 Å². The van der Waals surface area contributed by atoms with Crippen LogP contribution in [-0.4, -0.2) is 10.9 Å². The third kappa shape index (κ3) is 4.22. The highest BCUT2D eigenvalue weighted by Gasteiger charge is 2.29. The number of hydrogen-bond donors (Lipinski definition) is 1. The Bertz CT molecular complexity index is 711. The second-order valence-electron chi connectivity index (χ2n) is 5.01. The molecule has 120 valence electrons. The monoisotopic (exact) mass is 320 g/mol. The van der Waals surface area contributed by atoms with Gasteiger partial charge in [-0.05, 0) is 23.3 Å². The molecule has 1 N–H and O–H groups in total. The number of carbonyl (C=O) groups excluding carboxylic acids is 1. The predicted octanol–water partition coefficient (Wildman–Crippen LogP) is 5.41. The fourth-order valence-corrected chi connectivity index (χ4v) is 2.02. The molecule has 0 atom stereocenters. The Hall–Kier alpha value is -2.56. The van der Waals surface area contributed by atoms with Crippen molar-refractivity contribution in [2.24, 2.45) is 0 Å². The van der Waals surface area contributed by atoms with Gasteiger partial charge >= 0.3 is 6.18 Å². The number of benzene rings is 2. The van der Waals surface area contributed by atoms with E-state index in [1.807, 2.05) is 0 Å². The summed E-state index contributed by atoms with van der Waals surface area (Å²) < 4.78 is 37.6. The number of carbonyl (C=O) groups is 1. The maximum Gasteiger partial charge on any atom is 0.416 e. The highest BCUT2D eigenvalue weighted by Crippen LogP contribution is 2.31. The number of aliphatic hydroxyl groups is 1. The minimum atomic E-state index is -4.36. The Balaban J connectivity index is 2.21. The first-order valence-electron chi connectivity index (χ1n) is 7.03. The first kappa shape index (κ1) is 16.8. The first-order chi connectivity index (χ1) is 10.8. The lowest BCUT2D eigenvalue weighted by Gasteiger charge is -2.08. The van der Waals surface area contributed by atoms with E-state index in [0.717, 1.165) is 18.2 Å². The average molecular weight is 320 g/mol. The van der Waals surface area contributed by atoms with Crippen molar-refractivity contribution in [3.63, 3.8) is 0 Å². The molecule has 2 aromatic rings. The Labute approximate surface area is 131 Å². The quantitative estimate of drug-likeness (QED) is 0.465. The molecule has 0 spiro atoms. The van der Waals surface area contributed by atoms with E-state index in [1.165, 1.54) is 12.1 Å². The van der Waals surface area contributed by atoms with Crippen LogP contribution in [0.25, 0.3) is 11.1 Å². The fourth-order valence-electron chi connectivity index (χ4n) is 2.02. The topological polar surface area (TPSA) is 37.3 Å². The summed E-state index contributed by atoms with van der Waals surface area (Å²) in [6.07, 6.45) is -2.83. The Morgan fingerprint density at radius 2 is 1.48 bits per heavy atom. The van der Waals surface area contributed by atoms with Gasteiger partial charge in [-0.15, -0.1) is 0 Å². The van der Waals surface area contributed by atoms with Crippen LogP contribution >= 0.6 is 0 Å². The van der Waals surface area contributed by atoms with E-state index >= 15 is 0 Å². The molecule has 0 aromatic heterocycles. The van der Waals surface area contributed by atoms with Gasteiger partial charge in [-0.1, -0.05) is 43.3 Å². The SMILES string of the molecule is CCC(O)=CC(=O)c1ccc(-c2ccc(C(F)(F)F)cc2)cc1. The number of ketones is 1. The molecule has 0 bridgehead atoms. The summed E-state index contributed by atoms with van der Waals surface area (Å²) in [4.78, 5) is 11.9. The van der Waals surface area contributed by atoms with E-state index in [9.17, 15) is 23.1 Å². The second kappa shape index (κ2) is 6.69. The normalized spacial score (nSPS) is 12.3. The largest absolute Gasteiger partial charge is 0.512 e. The molecule has 2 aromatic carbocycles. The zero-order chi connectivity index (χ0) is 17.0. The highest BCUT2D eigenvalue weighted by molar-refractivity contribution is 6.04. The standard InChI is InChI=1S/C18H15F3O2/c1-2-16(22)11-17(23)14-5-3-12(4-6-14)13-7-9-15(10-8-13)18(19,20)21/h3-11,22H,2H2,1H3. The summed E-state index contributed by atoms with van der Waals surface area (Å²) in [5.74, 6) is -0.315. The molecule has 0 aliphatic carbocycles. The molecule has 5 heteroatoms. The minimum Gasteiger partial charge on any atom is -0.512 e. The molecule has 0 radical (unpaired) electrons. The van der Waals surface area contributed by atoms with Gasteiger partial charge in [0.25, 0.3) is 0 Å². The number of aliphatic hydroxyl groups excluding tert-OH is 1. The maximum absolute atomic E-state index is 12.5. The zero-order valence-electron chi connectivity index (χ0n) is 12.4. The molecule has 0 aliphatic heterocycles. The maximum atomic E-state index is 12.5. The summed E-state index contributed by atoms with van der Waals surface area (Å²) in [5.41, 5.74) is 1.04. The molecule has 0 heterocycles. The van der Waals surface area contributed by atoms with Crippen molar-refractivity contribution in [3.8, 4) is 11.1 Å². The first-order valence-corrected chi connectivity index (χ1v) is 7.03. The van der Waals surface area contributed by atoms with Gasteiger partial charge in [0, 0.05) is 18.1 Å². The van der Waals surface area contributed by atoms with Crippen LogP contribution in [0.1, 0.15) is 29.3 Å². The summed E-state index contributed by atoms with van der Waals surface area (Å²) >= 11 is 0. The highest BCUT2D eigenvalue weighted by atomic mass is 19.4. The Morgan fingerprint density at radius 1 is 1.00 bits per heavy atom. The number of rotatable bonds is 4. The van der Waals surface area contributed by atoms with Gasteiger partial charge in [0.2, 0.25) is 0 Å². The van der Waals surface area contributed by atoms with Gasteiger partial charge in [0.05, 0.1) is 11.3 Å². The van der Waals surface area contributed by atoms with Crippen molar-refractivity contribution >= 4 is 5.78 Å². The molecule has 0 saturated heterocycles. The Kier molecular flexibility index (Phi) is 4.89. The second-order valence-corrected chi connectivity index (χ2v) is 5.01. The van der Waals surface area contributed by atoms with Crippen LogP contribution in [-0.2, 0) is 6.18 Å². The predicted molar refractivity (Wildman–Crippen MR) is 82.2 cm³/mol. The van der Waals surface area contributed by atoms with E-state index in [-0.39, 0.29) is 11.5 Å². The van der Waals surface area contributed by atoms with E-state index in [2.05, 4.69) is 0 Å². The number of hydrogen-bond acceptors (Lipinski definition) is 2. The van der Waals surface area contributed by atoms with Crippen LogP contribution in [0.3, 0.4) is 0 Å². The van der Waals surface area contributed by atoms with Crippen LogP contribution in [0.4, 0.5) is 13.2 Å². The van der Waals surface area contributed by atoms with Gasteiger partial charge in [-0.2, -0.15) is 13.2 Å². The van der Waals surface area contributed by atoms with E-state index in [0.29, 0.717) is 23.1 Å². The van der Waals surface area contributed by atoms with Crippen LogP contribution < -0.4 is 0 Å². The third-order valence-electron chi connectivity index (χ3n) is 3.37. The molecular weight excluding hydrogens is 305 g/mol. The lowest BCUT2D eigenvalue weighted by molar-refractivity contribution is -0.137. The van der Waals surface area contributed by atoms with Crippen molar-refractivity contribution in [1.82, 2.24) is 0 Å². The van der Waals surface area contributed by atoms with Gasteiger partial charge in [-0.3, -0.25) is 4.79 Å². The van der Waals surface area contributed by atoms with Crippen LogP contribution in [0.15, 0.2) is 60.4 Å². The number of alkyl halides is 3. The van der Waals surface area contributed by atoms with Gasteiger partial charge < -0.3 is 5.11 Å². The zero-order valence-corrected chi connectivity index (χ0v) is 12.4. The fraction of sp³-hybridized carbons (Fsp3) is 0.167. The molecule has 2 rings (SSSR count). The lowest BCUT2D eigenvalue weighted by atomic mass is 10.0. The van der Waals surface area contributed by atoms with E-state index < -0.39 is 11.7 Å². The van der Waals surface area contributed by atoms with Crippen LogP contribution in [0.2, 0.25) is 0 Å². The third-order valence-corrected chi connectivity index (χ3v) is 3.37. The summed E-state index contributed by atoms with van der Waals surface area (Å²) in [5, 5.41) is 9.36. The summed E-state index contributed by atoms with van der Waals surface area (Å²) in [6.45, 7) is 1.73. The smallest absolute Gasteiger partial charge is 0.416 e. The van der Waals surface area contributed by atoms with Crippen molar-refractivity contribution in [1.29, 1.82) is 0 Å². The summed E-state index contributed by atoms with van der Waals surface area (Å²) in [6, 6.07) is 11.3. The molecule has 0 aliphatic rings. The van der Waals surface area contributed by atoms with Crippen molar-refractivity contribution < 1.29 is 23.1 Å². The van der Waals surface area contributed by atoms with Crippen LogP contribution in [0, 0.1) is 0 Å². The molecule has 23 heavy (non-hydrogen) atoms. The average Bonchev–Trinajstić information content (AvgIpc) is 2.54. The van der Waals surface area contributed by atoms with Crippen molar-refractivity contribution in [2.75, 3.05) is 0 Å².